The van der Waals surface area contributed by atoms with E-state index in [1.807, 2.05) is 12.1 Å². The molecule has 2 bridgehead atoms. The third-order valence-corrected chi connectivity index (χ3v) is 4.31. The summed E-state index contributed by atoms with van der Waals surface area (Å²) in [6.45, 7) is 0.529. The molecule has 0 aliphatic carbocycles. The minimum atomic E-state index is -0.804. The van der Waals surface area contributed by atoms with Gasteiger partial charge >= 0.3 is 6.09 Å². The van der Waals surface area contributed by atoms with E-state index in [2.05, 4.69) is 4.98 Å². The summed E-state index contributed by atoms with van der Waals surface area (Å²) in [6.07, 6.45) is 4.33. The minimum Gasteiger partial charge on any atom is -0.474 e. The van der Waals surface area contributed by atoms with Crippen molar-refractivity contribution in [2.24, 2.45) is 0 Å². The lowest BCUT2D eigenvalue weighted by Crippen LogP contribution is -2.48. The molecule has 0 radical (unpaired) electrons. The quantitative estimate of drug-likeness (QED) is 0.921. The molecule has 6 heteroatoms. The van der Waals surface area contributed by atoms with Crippen LogP contribution < -0.4 is 4.74 Å². The van der Waals surface area contributed by atoms with Gasteiger partial charge in [-0.05, 0) is 24.5 Å². The maximum atomic E-state index is 11.3. The van der Waals surface area contributed by atoms with Crippen molar-refractivity contribution in [2.45, 2.75) is 50.5 Å². The highest BCUT2D eigenvalue weighted by atomic mass is 16.5. The molecular formula is C15H20N2O4. The van der Waals surface area contributed by atoms with Crippen LogP contribution in [0.15, 0.2) is 18.3 Å². The summed E-state index contributed by atoms with van der Waals surface area (Å²) in [5.74, 6) is 0.595. The van der Waals surface area contributed by atoms with Crippen molar-refractivity contribution in [2.75, 3.05) is 7.11 Å². The van der Waals surface area contributed by atoms with Gasteiger partial charge in [0.1, 0.15) is 6.10 Å². The molecule has 0 saturated carbocycles. The molecule has 1 unspecified atom stereocenters. The Morgan fingerprint density at radius 1 is 1.43 bits per heavy atom. The number of pyridine rings is 1. The smallest absolute Gasteiger partial charge is 0.407 e. The van der Waals surface area contributed by atoms with E-state index in [0.717, 1.165) is 31.2 Å². The van der Waals surface area contributed by atoms with Crippen molar-refractivity contribution in [3.05, 3.63) is 23.9 Å². The topological polar surface area (TPSA) is 71.9 Å². The van der Waals surface area contributed by atoms with E-state index >= 15 is 0 Å². The highest BCUT2D eigenvalue weighted by Crippen LogP contribution is 2.37. The number of carboxylic acid groups (broad SMARTS) is 1. The second-order valence-electron chi connectivity index (χ2n) is 5.72. The number of fused-ring (bicyclic) bond motifs is 2. The van der Waals surface area contributed by atoms with E-state index < -0.39 is 6.09 Å². The number of rotatable bonds is 4. The zero-order valence-corrected chi connectivity index (χ0v) is 12.1. The number of piperidine rings is 1. The van der Waals surface area contributed by atoms with Crippen LogP contribution in [0.5, 0.6) is 5.88 Å². The third-order valence-electron chi connectivity index (χ3n) is 4.31. The molecular weight excluding hydrogens is 272 g/mol. The second-order valence-corrected chi connectivity index (χ2v) is 5.72. The Bertz CT molecular complexity index is 508. The highest BCUT2D eigenvalue weighted by Gasteiger charge is 2.44. The van der Waals surface area contributed by atoms with Gasteiger partial charge in [0.2, 0.25) is 5.88 Å². The first-order chi connectivity index (χ1) is 10.2. The Morgan fingerprint density at radius 3 is 2.76 bits per heavy atom. The first-order valence-corrected chi connectivity index (χ1v) is 7.29. The molecule has 2 aliphatic heterocycles. The zero-order chi connectivity index (χ0) is 14.8. The van der Waals surface area contributed by atoms with Gasteiger partial charge in [0.25, 0.3) is 0 Å². The molecule has 21 heavy (non-hydrogen) atoms. The van der Waals surface area contributed by atoms with E-state index in [4.69, 9.17) is 9.47 Å². The van der Waals surface area contributed by atoms with Gasteiger partial charge in [-0.15, -0.1) is 0 Å². The SMILES string of the molecule is COCc1ccnc(OC2C[C@H]3CC[C@@H](C2)N3C(=O)O)c1. The Hall–Kier alpha value is -1.82. The molecule has 1 amide bonds. The van der Waals surface area contributed by atoms with Crippen LogP contribution >= 0.6 is 0 Å². The van der Waals surface area contributed by atoms with E-state index in [9.17, 15) is 9.90 Å². The number of hydrogen-bond donors (Lipinski definition) is 1. The Labute approximate surface area is 123 Å². The molecule has 114 valence electrons. The van der Waals surface area contributed by atoms with Gasteiger partial charge in [-0.25, -0.2) is 9.78 Å². The summed E-state index contributed by atoms with van der Waals surface area (Å²) in [6, 6.07) is 3.96. The molecule has 3 heterocycles. The average molecular weight is 292 g/mol. The number of carbonyl (C=O) groups is 1. The standard InChI is InChI=1S/C15H20N2O4/c1-20-9-10-4-5-16-14(6-10)21-13-7-11-2-3-12(8-13)17(11)15(18)19/h4-6,11-13H,2-3,7-9H2,1H3,(H,18,19)/t11-,12+,13?. The summed E-state index contributed by atoms with van der Waals surface area (Å²) < 4.78 is 11.1. The number of ether oxygens (including phenoxy) is 2. The summed E-state index contributed by atoms with van der Waals surface area (Å²) in [5.41, 5.74) is 1.02. The normalized spacial score (nSPS) is 27.7. The molecule has 0 aromatic carbocycles. The Morgan fingerprint density at radius 2 is 2.14 bits per heavy atom. The number of amides is 1. The summed E-state index contributed by atoms with van der Waals surface area (Å²) in [7, 11) is 1.65. The highest BCUT2D eigenvalue weighted by molar-refractivity contribution is 5.66. The van der Waals surface area contributed by atoms with Crippen molar-refractivity contribution in [1.29, 1.82) is 0 Å². The lowest BCUT2D eigenvalue weighted by atomic mass is 10.0. The van der Waals surface area contributed by atoms with Gasteiger partial charge in [-0.2, -0.15) is 0 Å². The van der Waals surface area contributed by atoms with Crippen molar-refractivity contribution < 1.29 is 19.4 Å². The van der Waals surface area contributed by atoms with Gasteiger partial charge in [-0.3, -0.25) is 0 Å². The number of nitrogens with zero attached hydrogens (tertiary/aromatic N) is 2. The monoisotopic (exact) mass is 292 g/mol. The number of aromatic nitrogens is 1. The van der Waals surface area contributed by atoms with Gasteiger partial charge in [-0.1, -0.05) is 0 Å². The fourth-order valence-electron chi connectivity index (χ4n) is 3.48. The summed E-state index contributed by atoms with van der Waals surface area (Å²) >= 11 is 0. The van der Waals surface area contributed by atoms with Crippen LogP contribution in [-0.2, 0) is 11.3 Å². The lowest BCUT2D eigenvalue weighted by Gasteiger charge is -2.36. The van der Waals surface area contributed by atoms with Crippen LogP contribution in [0.3, 0.4) is 0 Å². The van der Waals surface area contributed by atoms with E-state index in [1.54, 1.807) is 18.2 Å². The van der Waals surface area contributed by atoms with Crippen molar-refractivity contribution >= 4 is 6.09 Å². The molecule has 3 atom stereocenters. The molecule has 1 aromatic heterocycles. The molecule has 6 nitrogen and oxygen atoms in total. The first kappa shape index (κ1) is 14.1. The van der Waals surface area contributed by atoms with Gasteiger partial charge < -0.3 is 19.5 Å². The van der Waals surface area contributed by atoms with Crippen LogP contribution in [0.25, 0.3) is 0 Å². The lowest BCUT2D eigenvalue weighted by molar-refractivity contribution is 0.0475. The van der Waals surface area contributed by atoms with Crippen LogP contribution in [0.2, 0.25) is 0 Å². The Kier molecular flexibility index (Phi) is 3.96. The fraction of sp³-hybridized carbons (Fsp3) is 0.600. The maximum absolute atomic E-state index is 11.3. The van der Waals surface area contributed by atoms with Gasteiger partial charge in [0, 0.05) is 44.3 Å². The maximum Gasteiger partial charge on any atom is 0.407 e. The van der Waals surface area contributed by atoms with E-state index in [-0.39, 0.29) is 18.2 Å². The molecule has 1 N–H and O–H groups in total. The van der Waals surface area contributed by atoms with Crippen LogP contribution in [-0.4, -0.2) is 46.4 Å². The first-order valence-electron chi connectivity index (χ1n) is 7.29. The predicted octanol–water partition coefficient (Wildman–Crippen LogP) is 2.28. The largest absolute Gasteiger partial charge is 0.474 e. The third kappa shape index (κ3) is 2.95. The number of hydrogen-bond acceptors (Lipinski definition) is 4. The molecule has 0 spiro atoms. The van der Waals surface area contributed by atoms with Crippen molar-refractivity contribution in [1.82, 2.24) is 9.88 Å². The average Bonchev–Trinajstić information content (AvgIpc) is 2.72. The van der Waals surface area contributed by atoms with Crippen molar-refractivity contribution in [3.63, 3.8) is 0 Å². The van der Waals surface area contributed by atoms with E-state index in [1.165, 1.54) is 0 Å². The second kappa shape index (κ2) is 5.89. The summed E-state index contributed by atoms with van der Waals surface area (Å²) in [5, 5.41) is 9.25. The zero-order valence-electron chi connectivity index (χ0n) is 12.1. The summed E-state index contributed by atoms with van der Waals surface area (Å²) in [4.78, 5) is 17.1. The van der Waals surface area contributed by atoms with Crippen LogP contribution in [0, 0.1) is 0 Å². The minimum absolute atomic E-state index is 0.0448. The predicted molar refractivity (Wildman–Crippen MR) is 75.3 cm³/mol. The van der Waals surface area contributed by atoms with Crippen LogP contribution in [0.4, 0.5) is 4.79 Å². The van der Waals surface area contributed by atoms with Crippen molar-refractivity contribution in [3.8, 4) is 5.88 Å². The van der Waals surface area contributed by atoms with Crippen LogP contribution in [0.1, 0.15) is 31.2 Å². The van der Waals surface area contributed by atoms with Gasteiger partial charge in [0.15, 0.2) is 0 Å². The number of methoxy groups -OCH3 is 1. The molecule has 2 fully saturated rings. The Balaban J connectivity index is 1.65. The molecule has 2 saturated heterocycles. The molecule has 3 rings (SSSR count). The molecule has 2 aliphatic rings. The molecule has 1 aromatic rings. The fourth-order valence-corrected chi connectivity index (χ4v) is 3.48. The van der Waals surface area contributed by atoms with E-state index in [0.29, 0.717) is 12.5 Å². The van der Waals surface area contributed by atoms with Gasteiger partial charge in [0.05, 0.1) is 6.61 Å².